The van der Waals surface area contributed by atoms with Crippen LogP contribution in [0.4, 0.5) is 5.69 Å². The summed E-state index contributed by atoms with van der Waals surface area (Å²) in [5, 5.41) is 3.37. The Labute approximate surface area is 165 Å². The summed E-state index contributed by atoms with van der Waals surface area (Å²) in [5.74, 6) is -0.728. The molecule has 6 nitrogen and oxygen atoms in total. The van der Waals surface area contributed by atoms with Crippen molar-refractivity contribution in [3.8, 4) is 0 Å². The summed E-state index contributed by atoms with van der Waals surface area (Å²) in [6.45, 7) is 1.88. The average Bonchev–Trinajstić information content (AvgIpc) is 3.27. The summed E-state index contributed by atoms with van der Waals surface area (Å²) < 4.78 is 5.22. The fourth-order valence-electron chi connectivity index (χ4n) is 3.10. The molecule has 28 heavy (non-hydrogen) atoms. The van der Waals surface area contributed by atoms with Gasteiger partial charge in [-0.25, -0.2) is 0 Å². The molecule has 0 radical (unpaired) electrons. The van der Waals surface area contributed by atoms with Crippen LogP contribution in [-0.2, 0) is 6.54 Å². The van der Waals surface area contributed by atoms with E-state index in [4.69, 9.17) is 16.0 Å². The van der Waals surface area contributed by atoms with E-state index in [-0.39, 0.29) is 29.1 Å². The Bertz CT molecular complexity index is 1110. The van der Waals surface area contributed by atoms with Crippen molar-refractivity contribution in [1.29, 1.82) is 0 Å². The molecule has 1 aromatic heterocycles. The van der Waals surface area contributed by atoms with Crippen molar-refractivity contribution in [2.24, 2.45) is 0 Å². The van der Waals surface area contributed by atoms with Gasteiger partial charge in [0.25, 0.3) is 17.7 Å². The molecule has 1 aliphatic heterocycles. The first-order valence-electron chi connectivity index (χ1n) is 8.54. The highest BCUT2D eigenvalue weighted by molar-refractivity contribution is 6.30. The Morgan fingerprint density at radius 1 is 1.07 bits per heavy atom. The Kier molecular flexibility index (Phi) is 4.49. The van der Waals surface area contributed by atoms with Gasteiger partial charge in [-0.05, 0) is 61.0 Å². The number of imide groups is 1. The van der Waals surface area contributed by atoms with Gasteiger partial charge in [-0.1, -0.05) is 11.6 Å². The summed E-state index contributed by atoms with van der Waals surface area (Å²) in [4.78, 5) is 38.9. The number of amides is 3. The fraction of sp³-hybridized carbons (Fsp3) is 0.0952. The van der Waals surface area contributed by atoms with Crippen LogP contribution in [0.1, 0.15) is 42.4 Å². The SMILES string of the molecule is Cc1cc(Cl)ccc1NC(=O)c1ccc2c(c1)C(=O)N(Cc1ccco1)C2=O. The Balaban J connectivity index is 1.58. The number of furan rings is 1. The van der Waals surface area contributed by atoms with Crippen LogP contribution in [0.3, 0.4) is 0 Å². The molecular formula is C21H15ClN2O4. The molecule has 0 saturated carbocycles. The third kappa shape index (κ3) is 3.18. The van der Waals surface area contributed by atoms with E-state index in [0.717, 1.165) is 10.5 Å². The van der Waals surface area contributed by atoms with E-state index in [9.17, 15) is 14.4 Å². The number of fused-ring (bicyclic) bond motifs is 1. The topological polar surface area (TPSA) is 79.6 Å². The Morgan fingerprint density at radius 2 is 1.86 bits per heavy atom. The number of nitrogens with one attached hydrogen (secondary N) is 1. The van der Waals surface area contributed by atoms with Crippen LogP contribution in [-0.4, -0.2) is 22.6 Å². The van der Waals surface area contributed by atoms with Crippen molar-refractivity contribution in [3.63, 3.8) is 0 Å². The van der Waals surface area contributed by atoms with E-state index >= 15 is 0 Å². The van der Waals surface area contributed by atoms with Crippen LogP contribution >= 0.6 is 11.6 Å². The maximum Gasteiger partial charge on any atom is 0.261 e. The Morgan fingerprint density at radius 3 is 2.57 bits per heavy atom. The average molecular weight is 395 g/mol. The minimum Gasteiger partial charge on any atom is -0.467 e. The fourth-order valence-corrected chi connectivity index (χ4v) is 3.32. The van der Waals surface area contributed by atoms with Crippen LogP contribution in [0.5, 0.6) is 0 Å². The molecule has 0 bridgehead atoms. The van der Waals surface area contributed by atoms with Crippen molar-refractivity contribution in [2.45, 2.75) is 13.5 Å². The summed E-state index contributed by atoms with van der Waals surface area (Å²) in [7, 11) is 0. The predicted octanol–water partition coefficient (Wildman–Crippen LogP) is 4.29. The smallest absolute Gasteiger partial charge is 0.261 e. The first kappa shape index (κ1) is 18.0. The van der Waals surface area contributed by atoms with Gasteiger partial charge in [0.1, 0.15) is 5.76 Å². The summed E-state index contributed by atoms with van der Waals surface area (Å²) in [6, 6.07) is 13.0. The zero-order chi connectivity index (χ0) is 19.8. The molecule has 0 unspecified atom stereocenters. The molecule has 0 atom stereocenters. The largest absolute Gasteiger partial charge is 0.467 e. The number of carbonyl (C=O) groups excluding carboxylic acids is 3. The molecule has 1 aliphatic rings. The normalized spacial score (nSPS) is 13.0. The van der Waals surface area contributed by atoms with E-state index in [0.29, 0.717) is 16.5 Å². The minimum atomic E-state index is -0.450. The molecule has 3 aromatic rings. The third-order valence-electron chi connectivity index (χ3n) is 4.56. The zero-order valence-electron chi connectivity index (χ0n) is 14.9. The second kappa shape index (κ2) is 6.98. The number of anilines is 1. The Hall–Kier alpha value is -3.38. The molecular weight excluding hydrogens is 380 g/mol. The van der Waals surface area contributed by atoms with Gasteiger partial charge in [-0.15, -0.1) is 0 Å². The molecule has 0 aliphatic carbocycles. The van der Waals surface area contributed by atoms with Crippen molar-refractivity contribution in [3.05, 3.63) is 87.8 Å². The highest BCUT2D eigenvalue weighted by Crippen LogP contribution is 2.26. The van der Waals surface area contributed by atoms with Gasteiger partial charge in [0.05, 0.1) is 23.9 Å². The lowest BCUT2D eigenvalue weighted by Gasteiger charge is -2.11. The quantitative estimate of drug-likeness (QED) is 0.669. The second-order valence-electron chi connectivity index (χ2n) is 6.45. The van der Waals surface area contributed by atoms with Gasteiger partial charge in [0, 0.05) is 16.3 Å². The van der Waals surface area contributed by atoms with Crippen LogP contribution in [0.2, 0.25) is 5.02 Å². The molecule has 0 spiro atoms. The number of nitrogens with zero attached hydrogens (tertiary/aromatic N) is 1. The van der Waals surface area contributed by atoms with Crippen LogP contribution in [0.25, 0.3) is 0 Å². The molecule has 2 aromatic carbocycles. The molecule has 3 amide bonds. The van der Waals surface area contributed by atoms with E-state index in [1.165, 1.54) is 24.5 Å². The predicted molar refractivity (Wildman–Crippen MR) is 103 cm³/mol. The molecule has 0 fully saturated rings. The molecule has 7 heteroatoms. The van der Waals surface area contributed by atoms with Gasteiger partial charge >= 0.3 is 0 Å². The lowest BCUT2D eigenvalue weighted by molar-refractivity contribution is 0.0631. The molecule has 1 N–H and O–H groups in total. The van der Waals surface area contributed by atoms with Gasteiger partial charge < -0.3 is 9.73 Å². The summed E-state index contributed by atoms with van der Waals surface area (Å²) in [6.07, 6.45) is 1.48. The molecule has 140 valence electrons. The van der Waals surface area contributed by atoms with Gasteiger partial charge in [-0.3, -0.25) is 19.3 Å². The highest BCUT2D eigenvalue weighted by Gasteiger charge is 2.36. The number of hydrogen-bond donors (Lipinski definition) is 1. The number of benzene rings is 2. The summed E-state index contributed by atoms with van der Waals surface area (Å²) in [5.41, 5.74) is 2.21. The number of rotatable bonds is 4. The number of hydrogen-bond acceptors (Lipinski definition) is 4. The molecule has 2 heterocycles. The molecule has 4 rings (SSSR count). The highest BCUT2D eigenvalue weighted by atomic mass is 35.5. The van der Waals surface area contributed by atoms with E-state index in [2.05, 4.69) is 5.32 Å². The van der Waals surface area contributed by atoms with E-state index in [1.54, 1.807) is 30.3 Å². The van der Waals surface area contributed by atoms with Crippen LogP contribution < -0.4 is 5.32 Å². The van der Waals surface area contributed by atoms with Crippen LogP contribution in [0.15, 0.2) is 59.2 Å². The van der Waals surface area contributed by atoms with Gasteiger partial charge in [-0.2, -0.15) is 0 Å². The third-order valence-corrected chi connectivity index (χ3v) is 4.80. The lowest BCUT2D eigenvalue weighted by Crippen LogP contribution is -2.28. The van der Waals surface area contributed by atoms with Crippen molar-refractivity contribution < 1.29 is 18.8 Å². The van der Waals surface area contributed by atoms with Crippen molar-refractivity contribution in [1.82, 2.24) is 4.90 Å². The lowest BCUT2D eigenvalue weighted by atomic mass is 10.0. The number of carbonyl (C=O) groups is 3. The van der Waals surface area contributed by atoms with Gasteiger partial charge in [0.2, 0.25) is 0 Å². The van der Waals surface area contributed by atoms with E-state index < -0.39 is 11.8 Å². The minimum absolute atomic E-state index is 0.0465. The maximum atomic E-state index is 12.7. The number of aryl methyl sites for hydroxylation is 1. The first-order valence-corrected chi connectivity index (χ1v) is 8.92. The zero-order valence-corrected chi connectivity index (χ0v) is 15.6. The standard InChI is InChI=1S/C21H15ClN2O4/c1-12-9-14(22)5-7-18(12)23-19(25)13-4-6-16-17(10-13)21(27)24(20(16)26)11-15-3-2-8-28-15/h2-10H,11H2,1H3,(H,23,25). The number of halogens is 1. The van der Waals surface area contributed by atoms with Crippen molar-refractivity contribution in [2.75, 3.05) is 5.32 Å². The second-order valence-corrected chi connectivity index (χ2v) is 6.89. The summed E-state index contributed by atoms with van der Waals surface area (Å²) >= 11 is 5.94. The monoisotopic (exact) mass is 394 g/mol. The van der Waals surface area contributed by atoms with Crippen LogP contribution in [0, 0.1) is 6.92 Å². The van der Waals surface area contributed by atoms with Crippen molar-refractivity contribution >= 4 is 35.0 Å². The van der Waals surface area contributed by atoms with E-state index in [1.807, 2.05) is 6.92 Å². The molecule has 0 saturated heterocycles. The van der Waals surface area contributed by atoms with Gasteiger partial charge in [0.15, 0.2) is 0 Å². The first-order chi connectivity index (χ1) is 13.4. The maximum absolute atomic E-state index is 12.7.